The van der Waals surface area contributed by atoms with E-state index >= 15 is 0 Å². The minimum atomic E-state index is -1.76. The van der Waals surface area contributed by atoms with Gasteiger partial charge in [0, 0.05) is 5.25 Å². The van der Waals surface area contributed by atoms with Gasteiger partial charge in [0.2, 0.25) is 9.70 Å². The number of β-lactam (4-membered cyclic amide) rings is 1. The predicted molar refractivity (Wildman–Crippen MR) is 110 cm³/mol. The Kier molecular flexibility index (Phi) is 7.01. The van der Waals surface area contributed by atoms with Crippen LogP contribution in [0, 0.1) is 5.92 Å². The molecule has 3 unspecified atom stereocenters. The van der Waals surface area contributed by atoms with E-state index in [1.807, 2.05) is 37.3 Å². The highest BCUT2D eigenvalue weighted by molar-refractivity contribution is 8.00. The molecule has 3 rings (SSSR count). The number of carbonyl (C=O) groups excluding carboxylic acids is 3. The monoisotopic (exact) mass is 478 g/mol. The molecule has 1 aromatic carbocycles. The second-order valence-electron chi connectivity index (χ2n) is 6.40. The molecule has 2 amide bonds. The zero-order valence-corrected chi connectivity index (χ0v) is 18.2. The number of hydrogen-bond acceptors (Lipinski definition) is 6. The molecule has 1 fully saturated rings. The first-order chi connectivity index (χ1) is 13.7. The van der Waals surface area contributed by atoms with E-state index in [-0.39, 0.29) is 17.6 Å². The second-order valence-corrected chi connectivity index (χ2v) is 10.4. The van der Waals surface area contributed by atoms with Crippen LogP contribution in [0.5, 0.6) is 0 Å². The van der Waals surface area contributed by atoms with Gasteiger partial charge >= 0.3 is 5.97 Å². The summed E-state index contributed by atoms with van der Waals surface area (Å²) in [4.78, 5) is 43.8. The summed E-state index contributed by atoms with van der Waals surface area (Å²) < 4.78 is 3.21. The number of fused-ring (bicyclic) bond motifs is 1. The Morgan fingerprint density at radius 2 is 1.93 bits per heavy atom. The van der Waals surface area contributed by atoms with E-state index in [2.05, 4.69) is 5.48 Å². The topological polar surface area (TPSA) is 84.9 Å². The summed E-state index contributed by atoms with van der Waals surface area (Å²) in [5, 5.41) is -0.668. The third kappa shape index (κ3) is 5.38. The van der Waals surface area contributed by atoms with Crippen molar-refractivity contribution in [3.63, 3.8) is 0 Å². The normalized spacial score (nSPS) is 23.6. The number of hydrogen-bond donors (Lipinski definition) is 1. The third-order valence-corrected chi connectivity index (χ3v) is 5.82. The summed E-state index contributed by atoms with van der Waals surface area (Å²) in [6.07, 6.45) is 1.58. The number of nitrogens with zero attached hydrogens (tertiary/aromatic N) is 1. The van der Waals surface area contributed by atoms with Crippen molar-refractivity contribution >= 4 is 64.3 Å². The first kappa shape index (κ1) is 22.2. The lowest BCUT2D eigenvalue weighted by atomic mass is 9.95. The maximum Gasteiger partial charge on any atom is 0.354 e. The smallest absolute Gasteiger partial charge is 0.354 e. The van der Waals surface area contributed by atoms with Gasteiger partial charge in [-0.1, -0.05) is 65.1 Å². The fraction of sp³-hybridized carbons (Fsp3) is 0.389. The molecule has 2 aliphatic heterocycles. The number of halogens is 3. The van der Waals surface area contributed by atoms with E-state index in [9.17, 15) is 14.4 Å². The Bertz CT molecular complexity index is 831. The van der Waals surface area contributed by atoms with E-state index in [0.717, 1.165) is 5.56 Å². The molecule has 0 aromatic heterocycles. The maximum absolute atomic E-state index is 12.6. The molecule has 7 nitrogen and oxygen atoms in total. The number of ether oxygens (including phenoxy) is 1. The van der Waals surface area contributed by atoms with Gasteiger partial charge < -0.3 is 4.74 Å². The van der Waals surface area contributed by atoms with Crippen LogP contribution in [0.15, 0.2) is 42.1 Å². The van der Waals surface area contributed by atoms with E-state index in [1.165, 1.54) is 16.7 Å². The van der Waals surface area contributed by atoms with Crippen LogP contribution < -0.4 is 5.48 Å². The molecule has 2 aliphatic rings. The van der Waals surface area contributed by atoms with Gasteiger partial charge in [0.05, 0.1) is 6.61 Å². The lowest BCUT2D eigenvalue weighted by molar-refractivity contribution is -0.163. The number of nitrogens with one attached hydrogen (secondary N) is 1. The standard InChI is InChI=1S/C18H17Cl3N2O5S/c1-10-7-12(17(26)27-9-18(19,20)21)23-15(25)13(16(23)29-10)14(24)22-28-8-11-5-3-2-4-6-11/h2-7,10,13,16H,8-9H2,1H3,(H,22,24). The molecule has 0 saturated carbocycles. The van der Waals surface area contributed by atoms with Crippen LogP contribution >= 0.6 is 46.6 Å². The molecular weight excluding hydrogens is 463 g/mol. The number of hydroxylamine groups is 1. The number of benzene rings is 1. The summed E-state index contributed by atoms with van der Waals surface area (Å²) in [7, 11) is 0. The van der Waals surface area contributed by atoms with Crippen LogP contribution in [0.2, 0.25) is 0 Å². The van der Waals surface area contributed by atoms with Crippen LogP contribution in [0.1, 0.15) is 12.5 Å². The molecule has 1 saturated heterocycles. The van der Waals surface area contributed by atoms with Crippen molar-refractivity contribution in [2.75, 3.05) is 6.61 Å². The van der Waals surface area contributed by atoms with Gasteiger partial charge in [0.15, 0.2) is 0 Å². The molecule has 0 radical (unpaired) electrons. The molecule has 156 valence electrons. The fourth-order valence-corrected chi connectivity index (χ4v) is 4.43. The maximum atomic E-state index is 12.6. The largest absolute Gasteiger partial charge is 0.456 e. The van der Waals surface area contributed by atoms with Crippen molar-refractivity contribution in [2.45, 2.75) is 27.9 Å². The molecule has 1 aromatic rings. The van der Waals surface area contributed by atoms with Crippen molar-refractivity contribution in [1.29, 1.82) is 0 Å². The van der Waals surface area contributed by atoms with Gasteiger partial charge in [-0.15, -0.1) is 11.8 Å². The zero-order chi connectivity index (χ0) is 21.2. The lowest BCUT2D eigenvalue weighted by Gasteiger charge is -2.48. The minimum Gasteiger partial charge on any atom is -0.456 e. The number of rotatable bonds is 6. The Hall–Kier alpha value is -1.45. The number of amides is 2. The summed E-state index contributed by atoms with van der Waals surface area (Å²) in [5.74, 6) is -2.85. The van der Waals surface area contributed by atoms with Gasteiger partial charge in [-0.3, -0.25) is 19.3 Å². The predicted octanol–water partition coefficient (Wildman–Crippen LogP) is 2.95. The molecule has 3 atom stereocenters. The third-order valence-electron chi connectivity index (χ3n) is 4.16. The fourth-order valence-electron chi connectivity index (χ4n) is 2.88. The quantitative estimate of drug-likeness (QED) is 0.222. The molecule has 11 heteroatoms. The molecule has 2 heterocycles. The van der Waals surface area contributed by atoms with Crippen LogP contribution in [0.3, 0.4) is 0 Å². The average Bonchev–Trinajstić information content (AvgIpc) is 2.65. The van der Waals surface area contributed by atoms with Gasteiger partial charge in [-0.25, -0.2) is 10.3 Å². The number of carbonyl (C=O) groups is 3. The number of esters is 1. The molecule has 29 heavy (non-hydrogen) atoms. The van der Waals surface area contributed by atoms with Gasteiger partial charge in [0.25, 0.3) is 5.91 Å². The first-order valence-electron chi connectivity index (χ1n) is 8.57. The van der Waals surface area contributed by atoms with Crippen molar-refractivity contribution in [3.05, 3.63) is 47.7 Å². The highest BCUT2D eigenvalue weighted by Crippen LogP contribution is 2.44. The average molecular weight is 480 g/mol. The summed E-state index contributed by atoms with van der Waals surface area (Å²) >= 11 is 18.2. The summed E-state index contributed by atoms with van der Waals surface area (Å²) in [6, 6.07) is 9.27. The Balaban J connectivity index is 1.59. The summed E-state index contributed by atoms with van der Waals surface area (Å²) in [5.41, 5.74) is 3.22. The van der Waals surface area contributed by atoms with Crippen molar-refractivity contribution in [3.8, 4) is 0 Å². The molecule has 0 aliphatic carbocycles. The zero-order valence-electron chi connectivity index (χ0n) is 15.1. The van der Waals surface area contributed by atoms with E-state index < -0.39 is 39.5 Å². The van der Waals surface area contributed by atoms with Crippen molar-refractivity contribution in [1.82, 2.24) is 10.4 Å². The number of thioether (sulfide) groups is 1. The van der Waals surface area contributed by atoms with Crippen molar-refractivity contribution in [2.24, 2.45) is 5.92 Å². The van der Waals surface area contributed by atoms with Gasteiger partial charge in [-0.2, -0.15) is 0 Å². The van der Waals surface area contributed by atoms with Crippen LogP contribution in [-0.4, -0.2) is 43.7 Å². The molecular formula is C18H17Cl3N2O5S. The molecule has 1 N–H and O–H groups in total. The highest BCUT2D eigenvalue weighted by Gasteiger charge is 2.57. The Morgan fingerprint density at radius 3 is 2.59 bits per heavy atom. The Labute approximate surface area is 186 Å². The van der Waals surface area contributed by atoms with Gasteiger partial charge in [0.1, 0.15) is 23.6 Å². The second kappa shape index (κ2) is 9.14. The first-order valence-corrected chi connectivity index (χ1v) is 10.6. The van der Waals surface area contributed by atoms with E-state index in [1.54, 1.807) is 6.08 Å². The van der Waals surface area contributed by atoms with Gasteiger partial charge in [-0.05, 0) is 18.6 Å². The van der Waals surface area contributed by atoms with Crippen molar-refractivity contribution < 1.29 is 24.0 Å². The molecule has 0 spiro atoms. The van der Waals surface area contributed by atoms with Crippen LogP contribution in [-0.2, 0) is 30.6 Å². The minimum absolute atomic E-state index is 0.0368. The lowest BCUT2D eigenvalue weighted by Crippen LogP contribution is -2.65. The Morgan fingerprint density at radius 1 is 1.24 bits per heavy atom. The highest BCUT2D eigenvalue weighted by atomic mass is 35.6. The van der Waals surface area contributed by atoms with E-state index in [4.69, 9.17) is 44.4 Å². The number of alkyl halides is 3. The van der Waals surface area contributed by atoms with Crippen LogP contribution in [0.25, 0.3) is 0 Å². The summed E-state index contributed by atoms with van der Waals surface area (Å²) in [6.45, 7) is 1.55. The molecule has 0 bridgehead atoms. The van der Waals surface area contributed by atoms with E-state index in [0.29, 0.717) is 0 Å². The SMILES string of the molecule is CC1C=C(C(=O)OCC(Cl)(Cl)Cl)N2C(=O)C(C(=O)NOCc3ccccc3)C2S1. The van der Waals surface area contributed by atoms with Crippen LogP contribution in [0.4, 0.5) is 0 Å².